The van der Waals surface area contributed by atoms with Gasteiger partial charge in [-0.2, -0.15) is 0 Å². The molecule has 1 saturated carbocycles. The van der Waals surface area contributed by atoms with Crippen LogP contribution >= 0.6 is 0 Å². The third-order valence-corrected chi connectivity index (χ3v) is 5.66. The molecule has 1 fully saturated rings. The molecule has 1 aliphatic carbocycles. The normalized spacial score (nSPS) is 15.5. The maximum atomic E-state index is 12.6. The summed E-state index contributed by atoms with van der Waals surface area (Å²) in [5.41, 5.74) is 0.405. The Morgan fingerprint density at radius 1 is 1.32 bits per heavy atom. The van der Waals surface area contributed by atoms with Crippen LogP contribution in [-0.4, -0.2) is 39.8 Å². The third kappa shape index (κ3) is 6.38. The number of phenolic OH excluding ortho intramolecular Hbond substituents is 1. The quantitative estimate of drug-likeness (QED) is 0.607. The fourth-order valence-electron chi connectivity index (χ4n) is 3.12. The van der Waals surface area contributed by atoms with Crippen molar-refractivity contribution in [1.82, 2.24) is 4.72 Å². The van der Waals surface area contributed by atoms with Gasteiger partial charge in [-0.1, -0.05) is 38.0 Å². The highest BCUT2D eigenvalue weighted by Crippen LogP contribution is 2.30. The fourth-order valence-corrected chi connectivity index (χ4v) is 3.57. The first-order valence-electron chi connectivity index (χ1n) is 9.23. The van der Waals surface area contributed by atoms with Gasteiger partial charge in [0.05, 0.1) is 13.7 Å². The number of carbonyl (C=O) groups is 1. The topological polar surface area (TPSA) is 102 Å². The molecule has 0 aliphatic heterocycles. The lowest BCUT2D eigenvalue weighted by Crippen LogP contribution is -2.20. The summed E-state index contributed by atoms with van der Waals surface area (Å²) in [4.78, 5) is 12.6. The van der Waals surface area contributed by atoms with Crippen LogP contribution in [0.5, 0.6) is 11.5 Å². The summed E-state index contributed by atoms with van der Waals surface area (Å²) in [5, 5.41) is 11.1. The Hall–Kier alpha value is -2.32. The van der Waals surface area contributed by atoms with Gasteiger partial charge in [-0.05, 0) is 30.4 Å². The number of aromatic hydroxyl groups is 1. The maximum absolute atomic E-state index is 12.6. The summed E-state index contributed by atoms with van der Waals surface area (Å²) in [6, 6.07) is 2.92. The molecule has 0 amide bonds. The smallest absolute Gasteiger partial charge is 0.342 e. The molecular formula is C20H27NO6S. The lowest BCUT2D eigenvalue weighted by atomic mass is 9.90. The van der Waals surface area contributed by atoms with Crippen molar-refractivity contribution in [2.75, 3.05) is 20.3 Å². The summed E-state index contributed by atoms with van der Waals surface area (Å²) in [6.07, 6.45) is 8.64. The molecule has 28 heavy (non-hydrogen) atoms. The molecule has 0 aromatic heterocycles. The number of esters is 1. The van der Waals surface area contributed by atoms with Crippen LogP contribution < -0.4 is 9.46 Å². The number of nitrogens with one attached hydrogen (secondary N) is 1. The van der Waals surface area contributed by atoms with E-state index in [9.17, 15) is 18.3 Å². The van der Waals surface area contributed by atoms with Gasteiger partial charge in [-0.3, -0.25) is 0 Å². The van der Waals surface area contributed by atoms with Crippen molar-refractivity contribution in [2.45, 2.75) is 32.1 Å². The first-order valence-corrected chi connectivity index (χ1v) is 10.8. The molecule has 0 atom stereocenters. The van der Waals surface area contributed by atoms with Gasteiger partial charge in [0.2, 0.25) is 10.0 Å². The van der Waals surface area contributed by atoms with Crippen molar-refractivity contribution < 1.29 is 27.8 Å². The van der Waals surface area contributed by atoms with Crippen LogP contribution in [0.2, 0.25) is 0 Å². The van der Waals surface area contributed by atoms with Crippen molar-refractivity contribution in [3.8, 4) is 11.5 Å². The molecule has 1 aliphatic rings. The van der Waals surface area contributed by atoms with Gasteiger partial charge in [0.1, 0.15) is 17.1 Å². The molecule has 0 spiro atoms. The van der Waals surface area contributed by atoms with E-state index in [1.807, 2.05) is 0 Å². The van der Waals surface area contributed by atoms with E-state index in [4.69, 9.17) is 9.47 Å². The molecule has 0 heterocycles. The fraction of sp³-hybridized carbons (Fsp3) is 0.450. The minimum absolute atomic E-state index is 0.00286. The van der Waals surface area contributed by atoms with Crippen LogP contribution in [-0.2, 0) is 14.8 Å². The number of rotatable bonds is 9. The molecule has 0 unspecified atom stereocenters. The Bertz CT molecular complexity index is 825. The minimum Gasteiger partial charge on any atom is -0.507 e. The third-order valence-electron chi connectivity index (χ3n) is 4.66. The molecule has 2 rings (SSSR count). The van der Waals surface area contributed by atoms with Crippen molar-refractivity contribution in [2.24, 2.45) is 5.92 Å². The van der Waals surface area contributed by atoms with Gasteiger partial charge in [0, 0.05) is 18.0 Å². The zero-order valence-electron chi connectivity index (χ0n) is 16.0. The Balaban J connectivity index is 2.14. The van der Waals surface area contributed by atoms with Gasteiger partial charge < -0.3 is 14.6 Å². The summed E-state index contributed by atoms with van der Waals surface area (Å²) >= 11 is 0. The molecule has 1 aromatic carbocycles. The number of benzene rings is 1. The Kier molecular flexibility index (Phi) is 8.07. The van der Waals surface area contributed by atoms with Crippen LogP contribution in [0.25, 0.3) is 6.08 Å². The van der Waals surface area contributed by atoms with E-state index < -0.39 is 16.0 Å². The van der Waals surface area contributed by atoms with E-state index in [1.165, 1.54) is 31.7 Å². The number of methoxy groups -OCH3 is 1. The van der Waals surface area contributed by atoms with Crippen LogP contribution in [0.15, 0.2) is 30.2 Å². The lowest BCUT2D eigenvalue weighted by Gasteiger charge is -2.21. The first-order chi connectivity index (χ1) is 13.4. The van der Waals surface area contributed by atoms with E-state index in [1.54, 1.807) is 6.07 Å². The number of phenols is 1. The second-order valence-corrected chi connectivity index (χ2v) is 8.39. The summed E-state index contributed by atoms with van der Waals surface area (Å²) in [5.74, 6) is -0.144. The molecule has 0 saturated heterocycles. The van der Waals surface area contributed by atoms with Gasteiger partial charge in [-0.15, -0.1) is 0 Å². The Morgan fingerprint density at radius 2 is 2.04 bits per heavy atom. The average Bonchev–Trinajstić information content (AvgIpc) is 2.69. The predicted octanol–water partition coefficient (Wildman–Crippen LogP) is 3.21. The number of hydrogen-bond donors (Lipinski definition) is 2. The predicted molar refractivity (Wildman–Crippen MR) is 108 cm³/mol. The standard InChI is InChI=1S/C20H27NO6S/c1-3-28(24,25)21-11-7-10-16-12-17(26-2)13-18(22)19(16)20(23)27-14-15-8-5-4-6-9-15/h3,7,10,12-13,15,21-22H,1,4-6,8-9,11,14H2,2H3/b10-7+. The highest BCUT2D eigenvalue weighted by molar-refractivity contribution is 7.92. The maximum Gasteiger partial charge on any atom is 0.342 e. The van der Waals surface area contributed by atoms with Crippen molar-refractivity contribution in [3.63, 3.8) is 0 Å². The largest absolute Gasteiger partial charge is 0.507 e. The number of carbonyl (C=O) groups excluding carboxylic acids is 1. The summed E-state index contributed by atoms with van der Waals surface area (Å²) in [6.45, 7) is 3.54. The van der Waals surface area contributed by atoms with Crippen molar-refractivity contribution in [1.29, 1.82) is 0 Å². The average molecular weight is 410 g/mol. The molecule has 0 bridgehead atoms. The molecular weight excluding hydrogens is 382 g/mol. The molecule has 154 valence electrons. The molecule has 1 aromatic rings. The van der Waals surface area contributed by atoms with E-state index in [0.717, 1.165) is 31.1 Å². The zero-order valence-corrected chi connectivity index (χ0v) is 16.8. The van der Waals surface area contributed by atoms with Crippen molar-refractivity contribution >= 4 is 22.1 Å². The number of ether oxygens (including phenoxy) is 2. The van der Waals surface area contributed by atoms with Gasteiger partial charge in [0.15, 0.2) is 0 Å². The second-order valence-electron chi connectivity index (χ2n) is 6.68. The molecule has 7 nitrogen and oxygen atoms in total. The van der Waals surface area contributed by atoms with Crippen LogP contribution in [0, 0.1) is 5.92 Å². The van der Waals surface area contributed by atoms with Crippen molar-refractivity contribution in [3.05, 3.63) is 41.3 Å². The van der Waals surface area contributed by atoms with E-state index in [-0.39, 0.29) is 17.9 Å². The Labute approximate surface area is 166 Å². The second kappa shape index (κ2) is 10.3. The molecule has 0 radical (unpaired) electrons. The summed E-state index contributed by atoms with van der Waals surface area (Å²) < 4.78 is 35.6. The van der Waals surface area contributed by atoms with Gasteiger partial charge in [0.25, 0.3) is 0 Å². The minimum atomic E-state index is -3.55. The number of sulfonamides is 1. The van der Waals surface area contributed by atoms with E-state index in [0.29, 0.717) is 23.8 Å². The SMILES string of the molecule is C=CS(=O)(=O)NC/C=C/c1cc(OC)cc(O)c1C(=O)OCC1CCCCC1. The molecule has 8 heteroatoms. The van der Waals surface area contributed by atoms with Gasteiger partial charge >= 0.3 is 5.97 Å². The number of hydrogen-bond acceptors (Lipinski definition) is 6. The Morgan fingerprint density at radius 3 is 2.68 bits per heavy atom. The van der Waals surface area contributed by atoms with Crippen LogP contribution in [0.1, 0.15) is 48.0 Å². The van der Waals surface area contributed by atoms with E-state index in [2.05, 4.69) is 11.3 Å². The first kappa shape index (κ1) is 22.0. The highest BCUT2D eigenvalue weighted by atomic mass is 32.2. The van der Waals surface area contributed by atoms with E-state index >= 15 is 0 Å². The monoisotopic (exact) mass is 409 g/mol. The zero-order chi connectivity index (χ0) is 20.6. The van der Waals surface area contributed by atoms with Gasteiger partial charge in [-0.25, -0.2) is 17.9 Å². The highest BCUT2D eigenvalue weighted by Gasteiger charge is 2.21. The van der Waals surface area contributed by atoms with Crippen LogP contribution in [0.3, 0.4) is 0 Å². The molecule has 2 N–H and O–H groups in total. The summed E-state index contributed by atoms with van der Waals surface area (Å²) in [7, 11) is -2.10. The van der Waals surface area contributed by atoms with Crippen LogP contribution in [0.4, 0.5) is 0 Å². The lowest BCUT2D eigenvalue weighted by molar-refractivity contribution is 0.0407.